The zero-order chi connectivity index (χ0) is 50.7. The van der Waals surface area contributed by atoms with Gasteiger partial charge in [-0.05, 0) is 83.5 Å². The Morgan fingerprint density at radius 1 is 0.400 bits per heavy atom. The first kappa shape index (κ1) is 68.1. The van der Waals surface area contributed by atoms with E-state index in [0.717, 1.165) is 51.4 Å². The lowest BCUT2D eigenvalue weighted by Crippen LogP contribution is -2.45. The quantitative estimate of drug-likeness (QED) is 0.0321. The molecule has 0 saturated carbocycles. The summed E-state index contributed by atoms with van der Waals surface area (Å²) in [5.41, 5.74) is 0. The van der Waals surface area contributed by atoms with Gasteiger partial charge >= 0.3 is 5.97 Å². The fourth-order valence-corrected chi connectivity index (χ4v) is 9.61. The smallest absolute Gasteiger partial charge is 0.305 e. The topological polar surface area (TPSA) is 95.9 Å². The van der Waals surface area contributed by atoms with E-state index in [0.29, 0.717) is 25.9 Å². The normalized spacial score (nSPS) is 12.8. The first-order valence-corrected chi connectivity index (χ1v) is 31.2. The maximum atomic E-state index is 12.5. The molecule has 2 unspecified atom stereocenters. The van der Waals surface area contributed by atoms with Crippen molar-refractivity contribution >= 4 is 11.9 Å². The van der Waals surface area contributed by atoms with E-state index in [2.05, 4.69) is 55.6 Å². The first-order valence-electron chi connectivity index (χ1n) is 31.2. The molecule has 0 spiro atoms. The summed E-state index contributed by atoms with van der Waals surface area (Å²) in [6.07, 6.45) is 74.4. The maximum Gasteiger partial charge on any atom is 0.305 e. The van der Waals surface area contributed by atoms with E-state index in [1.54, 1.807) is 0 Å². The summed E-state index contributed by atoms with van der Waals surface area (Å²) in [5, 5.41) is 23.3. The number of aliphatic hydroxyl groups excluding tert-OH is 2. The first-order chi connectivity index (χ1) is 34.5. The predicted octanol–water partition coefficient (Wildman–Crippen LogP) is 19.6. The summed E-state index contributed by atoms with van der Waals surface area (Å²) in [6, 6.07) is -0.546. The number of allylic oxidation sites excluding steroid dienone is 6. The molecule has 0 aliphatic heterocycles. The van der Waals surface area contributed by atoms with Crippen LogP contribution in [-0.4, -0.2) is 47.4 Å². The highest BCUT2D eigenvalue weighted by Crippen LogP contribution is 2.17. The summed E-state index contributed by atoms with van der Waals surface area (Å²) < 4.78 is 5.46. The van der Waals surface area contributed by atoms with Crippen LogP contribution in [0.1, 0.15) is 335 Å². The number of ether oxygens (including phenoxy) is 1. The van der Waals surface area contributed by atoms with E-state index >= 15 is 0 Å². The number of rotatable bonds is 58. The van der Waals surface area contributed by atoms with Gasteiger partial charge in [-0.3, -0.25) is 9.59 Å². The fraction of sp³-hybridized carbons (Fsp3) is 0.875. The molecule has 0 aromatic rings. The Morgan fingerprint density at radius 3 is 1.13 bits per heavy atom. The van der Waals surface area contributed by atoms with E-state index in [1.807, 2.05) is 0 Å². The molecule has 0 radical (unpaired) electrons. The third-order valence-electron chi connectivity index (χ3n) is 14.4. The van der Waals surface area contributed by atoms with Crippen molar-refractivity contribution in [1.82, 2.24) is 5.32 Å². The van der Waals surface area contributed by atoms with Gasteiger partial charge in [0.2, 0.25) is 5.91 Å². The summed E-state index contributed by atoms with van der Waals surface area (Å²) >= 11 is 0. The van der Waals surface area contributed by atoms with E-state index in [4.69, 9.17) is 4.74 Å². The second-order valence-corrected chi connectivity index (χ2v) is 21.4. The fourth-order valence-electron chi connectivity index (χ4n) is 9.61. The van der Waals surface area contributed by atoms with Crippen molar-refractivity contribution in [3.8, 4) is 0 Å². The van der Waals surface area contributed by atoms with Gasteiger partial charge in [-0.15, -0.1) is 0 Å². The molecule has 6 nitrogen and oxygen atoms in total. The van der Waals surface area contributed by atoms with Gasteiger partial charge in [0.1, 0.15) is 0 Å². The molecule has 0 aliphatic rings. The van der Waals surface area contributed by atoms with Crippen LogP contribution in [0.2, 0.25) is 0 Å². The lowest BCUT2D eigenvalue weighted by Gasteiger charge is -2.22. The van der Waals surface area contributed by atoms with Gasteiger partial charge in [-0.2, -0.15) is 0 Å². The van der Waals surface area contributed by atoms with Crippen molar-refractivity contribution in [1.29, 1.82) is 0 Å². The van der Waals surface area contributed by atoms with Crippen LogP contribution in [0, 0.1) is 0 Å². The van der Waals surface area contributed by atoms with E-state index < -0.39 is 12.1 Å². The van der Waals surface area contributed by atoms with E-state index in [9.17, 15) is 19.8 Å². The van der Waals surface area contributed by atoms with Gasteiger partial charge < -0.3 is 20.3 Å². The Labute approximate surface area is 436 Å². The molecule has 1 amide bonds. The molecule has 0 aromatic heterocycles. The van der Waals surface area contributed by atoms with Crippen molar-refractivity contribution in [2.45, 2.75) is 347 Å². The highest BCUT2D eigenvalue weighted by Gasteiger charge is 2.20. The van der Waals surface area contributed by atoms with Gasteiger partial charge in [0, 0.05) is 12.8 Å². The van der Waals surface area contributed by atoms with Crippen LogP contribution in [0.3, 0.4) is 0 Å². The molecule has 0 fully saturated rings. The van der Waals surface area contributed by atoms with Gasteiger partial charge in [-0.1, -0.05) is 275 Å². The number of esters is 1. The summed E-state index contributed by atoms with van der Waals surface area (Å²) in [7, 11) is 0. The van der Waals surface area contributed by atoms with Crippen LogP contribution in [0.25, 0.3) is 0 Å². The second-order valence-electron chi connectivity index (χ2n) is 21.4. The van der Waals surface area contributed by atoms with Gasteiger partial charge in [-0.25, -0.2) is 0 Å². The minimum absolute atomic E-state index is 0.00111. The molecule has 2 atom stereocenters. The number of unbranched alkanes of at least 4 members (excludes halogenated alkanes) is 41. The minimum Gasteiger partial charge on any atom is -0.466 e. The largest absolute Gasteiger partial charge is 0.466 e. The summed E-state index contributed by atoms with van der Waals surface area (Å²) in [6.45, 7) is 4.93. The monoisotopic (exact) mass is 984 g/mol. The summed E-state index contributed by atoms with van der Waals surface area (Å²) in [5.74, 6) is -0.0405. The number of carbonyl (C=O) groups is 2. The van der Waals surface area contributed by atoms with Crippen molar-refractivity contribution in [2.75, 3.05) is 13.2 Å². The van der Waals surface area contributed by atoms with Crippen molar-refractivity contribution in [3.63, 3.8) is 0 Å². The van der Waals surface area contributed by atoms with Crippen LogP contribution in [0.15, 0.2) is 36.5 Å². The Kier molecular flexibility index (Phi) is 58.0. The Morgan fingerprint density at radius 2 is 0.714 bits per heavy atom. The third-order valence-corrected chi connectivity index (χ3v) is 14.4. The zero-order valence-electron chi connectivity index (χ0n) is 47.0. The molecule has 0 aliphatic carbocycles. The van der Waals surface area contributed by atoms with Crippen molar-refractivity contribution < 1.29 is 24.5 Å². The van der Waals surface area contributed by atoms with Crippen LogP contribution in [0.4, 0.5) is 0 Å². The molecule has 0 saturated heterocycles. The summed E-state index contributed by atoms with van der Waals surface area (Å²) in [4.78, 5) is 24.5. The third kappa shape index (κ3) is 55.4. The molecule has 0 bridgehead atoms. The number of aliphatic hydroxyl groups is 2. The zero-order valence-corrected chi connectivity index (χ0v) is 47.0. The molecular formula is C64H121NO5. The molecule has 3 N–H and O–H groups in total. The Bertz CT molecular complexity index is 1130. The number of nitrogens with one attached hydrogen (secondary N) is 1. The lowest BCUT2D eigenvalue weighted by molar-refractivity contribution is -0.143. The van der Waals surface area contributed by atoms with Crippen molar-refractivity contribution in [3.05, 3.63) is 36.5 Å². The van der Waals surface area contributed by atoms with Gasteiger partial charge in [0.15, 0.2) is 0 Å². The lowest BCUT2D eigenvalue weighted by atomic mass is 10.0. The SMILES string of the molecule is CCCCC/C=C\CCCCCCCC(=O)OCCCCCCCCCCC/C=C\C/C=C\CCCCCCCCCCCC(=O)NC(CO)C(O)CCCCCCCCCCCCCCCCCC. The van der Waals surface area contributed by atoms with E-state index in [1.165, 1.54) is 250 Å². The molecule has 412 valence electrons. The molecule has 0 aromatic carbocycles. The van der Waals surface area contributed by atoms with Crippen LogP contribution in [-0.2, 0) is 14.3 Å². The maximum absolute atomic E-state index is 12.5. The highest BCUT2D eigenvalue weighted by atomic mass is 16.5. The minimum atomic E-state index is -0.668. The average Bonchev–Trinajstić information content (AvgIpc) is 3.36. The second kappa shape index (κ2) is 59.6. The standard InChI is InChI=1S/C64H121NO5/c1-3-5-7-9-11-13-15-17-18-30-33-36-40-44-48-52-56-62(67)61(60-66)65-63(68)57-53-49-45-41-37-34-31-28-26-24-22-20-19-21-23-25-27-29-32-35-39-43-47-51-55-59-70-64(69)58-54-50-46-42-38-16-14-12-10-8-6-4-2/h12,14,20-23,61-62,66-67H,3-11,13,15-19,24-60H2,1-2H3,(H,65,68)/b14-12-,22-20-,23-21-. The van der Waals surface area contributed by atoms with E-state index in [-0.39, 0.29) is 18.5 Å². The highest BCUT2D eigenvalue weighted by molar-refractivity contribution is 5.76. The Balaban J connectivity index is 3.44. The van der Waals surface area contributed by atoms with Gasteiger partial charge in [0.05, 0.1) is 25.4 Å². The molecule has 6 heteroatoms. The van der Waals surface area contributed by atoms with Crippen LogP contribution >= 0.6 is 0 Å². The predicted molar refractivity (Wildman–Crippen MR) is 306 cm³/mol. The number of carbonyl (C=O) groups excluding carboxylic acids is 2. The van der Waals surface area contributed by atoms with Gasteiger partial charge in [0.25, 0.3) is 0 Å². The number of hydrogen-bond donors (Lipinski definition) is 3. The number of hydrogen-bond acceptors (Lipinski definition) is 5. The number of amides is 1. The average molecular weight is 985 g/mol. The molecular weight excluding hydrogens is 863 g/mol. The molecule has 0 rings (SSSR count). The van der Waals surface area contributed by atoms with Crippen molar-refractivity contribution in [2.24, 2.45) is 0 Å². The van der Waals surface area contributed by atoms with Crippen LogP contribution < -0.4 is 5.32 Å². The Hall–Kier alpha value is -1.92. The van der Waals surface area contributed by atoms with Crippen LogP contribution in [0.5, 0.6) is 0 Å². The molecule has 70 heavy (non-hydrogen) atoms. The molecule has 0 heterocycles.